The van der Waals surface area contributed by atoms with Crippen molar-refractivity contribution in [2.75, 3.05) is 0 Å². The van der Waals surface area contributed by atoms with Crippen molar-refractivity contribution < 1.29 is 27.5 Å². The Morgan fingerprint density at radius 2 is 1.88 bits per heavy atom. The second kappa shape index (κ2) is 8.22. The highest BCUT2D eigenvalue weighted by Gasteiger charge is 2.33. The van der Waals surface area contributed by atoms with Crippen LogP contribution in [0, 0.1) is 5.92 Å². The van der Waals surface area contributed by atoms with Gasteiger partial charge in [-0.3, -0.25) is 9.59 Å². The summed E-state index contributed by atoms with van der Waals surface area (Å²) in [6, 6.07) is 4.95. The summed E-state index contributed by atoms with van der Waals surface area (Å²) in [5.74, 6) is -1.02. The molecule has 1 aromatic carbocycles. The van der Waals surface area contributed by atoms with E-state index in [1.807, 2.05) is 0 Å². The molecule has 138 valence electrons. The Morgan fingerprint density at radius 3 is 2.48 bits per heavy atom. The number of carbonyl (C=O) groups excluding carboxylic acids is 2. The van der Waals surface area contributed by atoms with Crippen LogP contribution in [0.5, 0.6) is 5.75 Å². The van der Waals surface area contributed by atoms with E-state index in [2.05, 4.69) is 15.4 Å². The van der Waals surface area contributed by atoms with E-state index < -0.39 is 18.3 Å². The number of rotatable bonds is 6. The first-order valence-corrected chi connectivity index (χ1v) is 8.15. The Kier molecular flexibility index (Phi) is 6.27. The van der Waals surface area contributed by atoms with Crippen LogP contribution < -0.4 is 15.4 Å². The van der Waals surface area contributed by atoms with Gasteiger partial charge in [-0.25, -0.2) is 0 Å². The fourth-order valence-electron chi connectivity index (χ4n) is 3.07. The molecule has 0 radical (unpaired) electrons. The maximum absolute atomic E-state index is 12.4. The standard InChI is InChI=1S/C17H21F3N2O3/c1-11(23)22-15(12-6-2-3-7-12)16(24)21-10-13-8-4-5-9-14(13)25-17(18,19)20/h4-5,8-9,12,15H,2-3,6-7,10H2,1H3,(H,21,24)(H,22,23). The molecule has 1 aliphatic rings. The Balaban J connectivity index is 2.03. The third kappa shape index (κ3) is 5.95. The average molecular weight is 358 g/mol. The van der Waals surface area contributed by atoms with Crippen molar-refractivity contribution in [3.05, 3.63) is 29.8 Å². The molecular formula is C17H21F3N2O3. The molecule has 5 nitrogen and oxygen atoms in total. The monoisotopic (exact) mass is 358 g/mol. The lowest BCUT2D eigenvalue weighted by Crippen LogP contribution is -2.49. The fraction of sp³-hybridized carbons (Fsp3) is 0.529. The molecule has 1 aromatic rings. The van der Waals surface area contributed by atoms with Crippen molar-refractivity contribution >= 4 is 11.8 Å². The van der Waals surface area contributed by atoms with Crippen molar-refractivity contribution in [3.8, 4) is 5.75 Å². The predicted molar refractivity (Wildman–Crippen MR) is 84.5 cm³/mol. The molecule has 8 heteroatoms. The highest BCUT2D eigenvalue weighted by atomic mass is 19.4. The molecule has 0 bridgehead atoms. The summed E-state index contributed by atoms with van der Waals surface area (Å²) in [4.78, 5) is 23.8. The van der Waals surface area contributed by atoms with Gasteiger partial charge in [0.1, 0.15) is 11.8 Å². The molecule has 2 N–H and O–H groups in total. The minimum atomic E-state index is -4.80. The van der Waals surface area contributed by atoms with Crippen LogP contribution in [0.1, 0.15) is 38.2 Å². The first-order valence-electron chi connectivity index (χ1n) is 8.15. The molecule has 1 unspecified atom stereocenters. The molecule has 0 spiro atoms. The number of nitrogens with one attached hydrogen (secondary N) is 2. The zero-order valence-corrected chi connectivity index (χ0v) is 13.9. The highest BCUT2D eigenvalue weighted by Crippen LogP contribution is 2.29. The molecule has 25 heavy (non-hydrogen) atoms. The van der Waals surface area contributed by atoms with E-state index in [0.29, 0.717) is 0 Å². The van der Waals surface area contributed by atoms with Gasteiger partial charge in [0.15, 0.2) is 0 Å². The SMILES string of the molecule is CC(=O)NC(C(=O)NCc1ccccc1OC(F)(F)F)C1CCCC1. The molecule has 0 aliphatic heterocycles. The number of para-hydroxylation sites is 1. The van der Waals surface area contributed by atoms with Gasteiger partial charge in [-0.05, 0) is 24.8 Å². The largest absolute Gasteiger partial charge is 0.573 e. The van der Waals surface area contributed by atoms with Gasteiger partial charge in [0.05, 0.1) is 0 Å². The van der Waals surface area contributed by atoms with Crippen molar-refractivity contribution in [1.82, 2.24) is 10.6 Å². The number of halogens is 3. The van der Waals surface area contributed by atoms with Gasteiger partial charge < -0.3 is 15.4 Å². The minimum Gasteiger partial charge on any atom is -0.405 e. The Hall–Kier alpha value is -2.25. The number of carbonyl (C=O) groups is 2. The Labute approximate surface area is 143 Å². The van der Waals surface area contributed by atoms with Crippen LogP contribution in [0.4, 0.5) is 13.2 Å². The molecule has 1 atom stereocenters. The smallest absolute Gasteiger partial charge is 0.405 e. The Morgan fingerprint density at radius 1 is 1.24 bits per heavy atom. The van der Waals surface area contributed by atoms with Crippen LogP contribution in [-0.4, -0.2) is 24.2 Å². The van der Waals surface area contributed by atoms with Crippen molar-refractivity contribution in [1.29, 1.82) is 0 Å². The van der Waals surface area contributed by atoms with Gasteiger partial charge in [0.2, 0.25) is 11.8 Å². The van der Waals surface area contributed by atoms with Gasteiger partial charge in [0, 0.05) is 19.0 Å². The summed E-state index contributed by atoms with van der Waals surface area (Å²) >= 11 is 0. The van der Waals surface area contributed by atoms with Crippen molar-refractivity contribution in [2.45, 2.75) is 51.6 Å². The summed E-state index contributed by atoms with van der Waals surface area (Å²) in [5, 5.41) is 5.25. The van der Waals surface area contributed by atoms with Crippen molar-refractivity contribution in [3.63, 3.8) is 0 Å². The van der Waals surface area contributed by atoms with E-state index in [0.717, 1.165) is 25.7 Å². The van der Waals surface area contributed by atoms with Crippen molar-refractivity contribution in [2.24, 2.45) is 5.92 Å². The number of benzene rings is 1. The normalized spacial score (nSPS) is 16.3. The van der Waals surface area contributed by atoms with Crippen LogP contribution in [0.3, 0.4) is 0 Å². The first-order chi connectivity index (χ1) is 11.8. The summed E-state index contributed by atoms with van der Waals surface area (Å²) < 4.78 is 41.3. The molecule has 0 heterocycles. The number of hydrogen-bond acceptors (Lipinski definition) is 3. The zero-order chi connectivity index (χ0) is 18.4. The average Bonchev–Trinajstić information content (AvgIpc) is 3.04. The van der Waals surface area contributed by atoms with Gasteiger partial charge in [-0.1, -0.05) is 31.0 Å². The molecule has 2 rings (SSSR count). The molecular weight excluding hydrogens is 337 g/mol. The highest BCUT2D eigenvalue weighted by molar-refractivity contribution is 5.87. The third-order valence-corrected chi connectivity index (χ3v) is 4.16. The molecule has 0 aromatic heterocycles. The molecule has 1 fully saturated rings. The molecule has 2 amide bonds. The van der Waals surface area contributed by atoms with E-state index in [-0.39, 0.29) is 29.7 Å². The molecule has 0 saturated heterocycles. The number of amides is 2. The fourth-order valence-corrected chi connectivity index (χ4v) is 3.07. The van der Waals surface area contributed by atoms with Gasteiger partial charge in [0.25, 0.3) is 0 Å². The van der Waals surface area contributed by atoms with Gasteiger partial charge in [-0.2, -0.15) is 0 Å². The molecule has 1 saturated carbocycles. The topological polar surface area (TPSA) is 67.4 Å². The van der Waals surface area contributed by atoms with Gasteiger partial charge >= 0.3 is 6.36 Å². The van der Waals surface area contributed by atoms with E-state index in [9.17, 15) is 22.8 Å². The number of alkyl halides is 3. The summed E-state index contributed by atoms with van der Waals surface area (Å²) in [6.07, 6.45) is -1.13. The van der Waals surface area contributed by atoms with Gasteiger partial charge in [-0.15, -0.1) is 13.2 Å². The summed E-state index contributed by atoms with van der Waals surface area (Å²) in [7, 11) is 0. The van der Waals surface area contributed by atoms with E-state index in [4.69, 9.17) is 0 Å². The van der Waals surface area contributed by atoms with E-state index in [1.165, 1.54) is 25.1 Å². The van der Waals surface area contributed by atoms with Crippen LogP contribution in [0.25, 0.3) is 0 Å². The van der Waals surface area contributed by atoms with E-state index >= 15 is 0 Å². The molecule has 1 aliphatic carbocycles. The van der Waals surface area contributed by atoms with Crippen LogP contribution >= 0.6 is 0 Å². The lowest BCUT2D eigenvalue weighted by Gasteiger charge is -2.23. The quantitative estimate of drug-likeness (QED) is 0.822. The summed E-state index contributed by atoms with van der Waals surface area (Å²) in [5.41, 5.74) is 0.209. The van der Waals surface area contributed by atoms with Crippen LogP contribution in [0.2, 0.25) is 0 Å². The predicted octanol–water partition coefficient (Wildman–Crippen LogP) is 2.90. The second-order valence-electron chi connectivity index (χ2n) is 6.10. The third-order valence-electron chi connectivity index (χ3n) is 4.16. The number of hydrogen-bond donors (Lipinski definition) is 2. The first kappa shape index (κ1) is 19.1. The lowest BCUT2D eigenvalue weighted by molar-refractivity contribution is -0.274. The van der Waals surface area contributed by atoms with E-state index in [1.54, 1.807) is 6.07 Å². The number of ether oxygens (including phenoxy) is 1. The lowest BCUT2D eigenvalue weighted by atomic mass is 9.97. The maximum Gasteiger partial charge on any atom is 0.573 e. The van der Waals surface area contributed by atoms with Crippen LogP contribution in [-0.2, 0) is 16.1 Å². The minimum absolute atomic E-state index is 0.0468. The summed E-state index contributed by atoms with van der Waals surface area (Å²) in [6.45, 7) is 1.22. The maximum atomic E-state index is 12.4. The second-order valence-corrected chi connectivity index (χ2v) is 6.10. The zero-order valence-electron chi connectivity index (χ0n) is 13.9. The Bertz CT molecular complexity index is 613. The van der Waals surface area contributed by atoms with Crippen LogP contribution in [0.15, 0.2) is 24.3 Å².